The first-order valence-electron chi connectivity index (χ1n) is 5.39. The maximum Gasteiger partial charge on any atom is 0.228 e. The number of nitrogens with zero attached hydrogens (tertiary/aromatic N) is 1. The molecule has 3 rings (SSSR count). The Morgan fingerprint density at radius 2 is 1.76 bits per heavy atom. The molecule has 0 amide bonds. The minimum absolute atomic E-state index is 0.00142. The van der Waals surface area contributed by atoms with Crippen LogP contribution in [-0.2, 0) is 0 Å². The number of carbonyl (C=O) groups is 1. The molecule has 3 aromatic rings. The Bertz CT molecular complexity index is 742. The van der Waals surface area contributed by atoms with Crippen LogP contribution in [0.5, 0.6) is 0 Å². The molecule has 1 heterocycles. The third-order valence-electron chi connectivity index (χ3n) is 2.96. The van der Waals surface area contributed by atoms with Gasteiger partial charge in [-0.05, 0) is 18.2 Å². The van der Waals surface area contributed by atoms with Crippen molar-refractivity contribution in [3.8, 4) is 0 Å². The van der Waals surface area contributed by atoms with E-state index < -0.39 is 0 Å². The molecule has 0 N–H and O–H groups in total. The molecule has 0 bridgehead atoms. The summed E-state index contributed by atoms with van der Waals surface area (Å²) in [4.78, 5) is 11.8. The highest BCUT2D eigenvalue weighted by molar-refractivity contribution is 6.38. The van der Waals surface area contributed by atoms with Gasteiger partial charge < -0.3 is 0 Å². The molecule has 2 aromatic carbocycles. The average molecular weight is 244 g/mol. The van der Waals surface area contributed by atoms with Crippen LogP contribution < -0.4 is 0 Å². The molecule has 0 fully saturated rings. The van der Waals surface area contributed by atoms with E-state index in [0.29, 0.717) is 5.02 Å². The summed E-state index contributed by atoms with van der Waals surface area (Å²) in [6.45, 7) is 1.56. The van der Waals surface area contributed by atoms with Crippen LogP contribution in [0.15, 0.2) is 42.5 Å². The Morgan fingerprint density at radius 3 is 2.53 bits per heavy atom. The van der Waals surface area contributed by atoms with Gasteiger partial charge in [0.15, 0.2) is 0 Å². The molecule has 0 aliphatic carbocycles. The monoisotopic (exact) mass is 243 g/mol. The van der Waals surface area contributed by atoms with Crippen molar-refractivity contribution in [2.24, 2.45) is 0 Å². The number of benzene rings is 2. The molecule has 84 valence electrons. The fourth-order valence-corrected chi connectivity index (χ4v) is 2.59. The van der Waals surface area contributed by atoms with Gasteiger partial charge in [-0.2, -0.15) is 0 Å². The van der Waals surface area contributed by atoms with Crippen molar-refractivity contribution in [1.29, 1.82) is 0 Å². The second-order valence-corrected chi connectivity index (χ2v) is 4.41. The molecule has 0 spiro atoms. The Kier molecular flexibility index (Phi) is 2.20. The van der Waals surface area contributed by atoms with Crippen LogP contribution in [0.4, 0.5) is 0 Å². The van der Waals surface area contributed by atoms with E-state index in [4.69, 9.17) is 11.6 Å². The SMILES string of the molecule is CC(=O)n1c2ccccc2c2c(Cl)cccc21. The summed E-state index contributed by atoms with van der Waals surface area (Å²) in [7, 11) is 0. The predicted molar refractivity (Wildman–Crippen MR) is 70.8 cm³/mol. The lowest BCUT2D eigenvalue weighted by molar-refractivity contribution is 0.0946. The zero-order valence-corrected chi connectivity index (χ0v) is 10.0. The maximum absolute atomic E-state index is 11.8. The third-order valence-corrected chi connectivity index (χ3v) is 3.28. The second-order valence-electron chi connectivity index (χ2n) is 4.01. The van der Waals surface area contributed by atoms with Gasteiger partial charge in [-0.15, -0.1) is 0 Å². The molecule has 0 radical (unpaired) electrons. The first kappa shape index (κ1) is 10.4. The van der Waals surface area contributed by atoms with Gasteiger partial charge in [0.25, 0.3) is 0 Å². The van der Waals surface area contributed by atoms with E-state index in [1.165, 1.54) is 0 Å². The fraction of sp³-hybridized carbons (Fsp3) is 0.0714. The van der Waals surface area contributed by atoms with E-state index in [2.05, 4.69) is 0 Å². The van der Waals surface area contributed by atoms with Gasteiger partial charge in [-0.1, -0.05) is 35.9 Å². The summed E-state index contributed by atoms with van der Waals surface area (Å²) in [5.41, 5.74) is 1.77. The number of rotatable bonds is 0. The normalized spacial score (nSPS) is 11.2. The molecule has 0 aliphatic heterocycles. The van der Waals surface area contributed by atoms with Crippen molar-refractivity contribution in [2.75, 3.05) is 0 Å². The topological polar surface area (TPSA) is 22.0 Å². The van der Waals surface area contributed by atoms with Gasteiger partial charge in [0, 0.05) is 17.7 Å². The van der Waals surface area contributed by atoms with E-state index in [0.717, 1.165) is 21.8 Å². The number of halogens is 1. The average Bonchev–Trinajstić information content (AvgIpc) is 2.64. The Morgan fingerprint density at radius 1 is 1.06 bits per heavy atom. The summed E-state index contributed by atoms with van der Waals surface area (Å²) < 4.78 is 1.70. The molecule has 17 heavy (non-hydrogen) atoms. The number of fused-ring (bicyclic) bond motifs is 3. The lowest BCUT2D eigenvalue weighted by Gasteiger charge is -2.00. The van der Waals surface area contributed by atoms with Crippen LogP contribution in [-0.4, -0.2) is 10.5 Å². The first-order valence-corrected chi connectivity index (χ1v) is 5.76. The second kappa shape index (κ2) is 3.60. The van der Waals surface area contributed by atoms with Crippen LogP contribution in [0, 0.1) is 0 Å². The molecule has 0 atom stereocenters. The predicted octanol–water partition coefficient (Wildman–Crippen LogP) is 4.11. The smallest absolute Gasteiger partial charge is 0.228 e. The lowest BCUT2D eigenvalue weighted by Crippen LogP contribution is -2.04. The number of carbonyl (C=O) groups excluding carboxylic acids is 1. The number of hydrogen-bond acceptors (Lipinski definition) is 1. The van der Waals surface area contributed by atoms with Crippen molar-refractivity contribution >= 4 is 39.3 Å². The first-order chi connectivity index (χ1) is 8.20. The van der Waals surface area contributed by atoms with Gasteiger partial charge in [0.2, 0.25) is 5.91 Å². The summed E-state index contributed by atoms with van der Waals surface area (Å²) in [6.07, 6.45) is 0. The lowest BCUT2D eigenvalue weighted by atomic mass is 10.1. The zero-order valence-electron chi connectivity index (χ0n) is 9.27. The summed E-state index contributed by atoms with van der Waals surface area (Å²) >= 11 is 6.23. The molecule has 0 unspecified atom stereocenters. The van der Waals surface area contributed by atoms with Crippen molar-refractivity contribution < 1.29 is 4.79 Å². The molecule has 0 saturated heterocycles. The minimum Gasteiger partial charge on any atom is -0.280 e. The van der Waals surface area contributed by atoms with Crippen LogP contribution in [0.2, 0.25) is 5.02 Å². The highest BCUT2D eigenvalue weighted by atomic mass is 35.5. The van der Waals surface area contributed by atoms with E-state index >= 15 is 0 Å². The molecule has 3 heteroatoms. The molecule has 0 saturated carbocycles. The quantitative estimate of drug-likeness (QED) is 0.582. The van der Waals surface area contributed by atoms with Crippen molar-refractivity contribution in [2.45, 2.75) is 6.92 Å². The molecule has 2 nitrogen and oxygen atoms in total. The van der Waals surface area contributed by atoms with Gasteiger partial charge in [-0.25, -0.2) is 0 Å². The largest absolute Gasteiger partial charge is 0.280 e. The standard InChI is InChI=1S/C14H10ClNO/c1-9(17)16-12-7-3-2-5-10(12)14-11(15)6-4-8-13(14)16/h2-8H,1H3. The van der Waals surface area contributed by atoms with Crippen LogP contribution >= 0.6 is 11.6 Å². The summed E-state index contributed by atoms with van der Waals surface area (Å²) in [6, 6.07) is 13.4. The molecular formula is C14H10ClNO. The van der Waals surface area contributed by atoms with Crippen LogP contribution in [0.25, 0.3) is 21.8 Å². The zero-order chi connectivity index (χ0) is 12.0. The Labute approximate surface area is 103 Å². The fourth-order valence-electron chi connectivity index (χ4n) is 2.31. The number of para-hydroxylation sites is 1. The van der Waals surface area contributed by atoms with Gasteiger partial charge in [0.05, 0.1) is 16.1 Å². The van der Waals surface area contributed by atoms with Gasteiger partial charge in [0.1, 0.15) is 0 Å². The summed E-state index contributed by atoms with van der Waals surface area (Å²) in [5, 5.41) is 2.64. The number of hydrogen-bond donors (Lipinski definition) is 0. The van der Waals surface area contributed by atoms with Gasteiger partial charge in [-0.3, -0.25) is 9.36 Å². The highest BCUT2D eigenvalue weighted by Gasteiger charge is 2.14. The van der Waals surface area contributed by atoms with Crippen molar-refractivity contribution in [3.05, 3.63) is 47.5 Å². The van der Waals surface area contributed by atoms with Gasteiger partial charge >= 0.3 is 0 Å². The summed E-state index contributed by atoms with van der Waals surface area (Å²) in [5.74, 6) is -0.00142. The Balaban J connectivity index is 2.67. The molecular weight excluding hydrogens is 234 g/mol. The molecule has 1 aromatic heterocycles. The minimum atomic E-state index is -0.00142. The van der Waals surface area contributed by atoms with Crippen molar-refractivity contribution in [3.63, 3.8) is 0 Å². The maximum atomic E-state index is 11.8. The van der Waals surface area contributed by atoms with Crippen molar-refractivity contribution in [1.82, 2.24) is 4.57 Å². The highest BCUT2D eigenvalue weighted by Crippen LogP contribution is 2.33. The van der Waals surface area contributed by atoms with E-state index in [9.17, 15) is 4.79 Å². The van der Waals surface area contributed by atoms with E-state index in [1.54, 1.807) is 11.5 Å². The van der Waals surface area contributed by atoms with Crippen LogP contribution in [0.3, 0.4) is 0 Å². The van der Waals surface area contributed by atoms with E-state index in [1.807, 2.05) is 42.5 Å². The van der Waals surface area contributed by atoms with E-state index in [-0.39, 0.29) is 5.91 Å². The van der Waals surface area contributed by atoms with Crippen LogP contribution in [0.1, 0.15) is 11.7 Å². The Hall–Kier alpha value is -1.80. The molecule has 0 aliphatic rings. The third kappa shape index (κ3) is 1.38. The number of aromatic nitrogens is 1.